The third-order valence-corrected chi connectivity index (χ3v) is 5.65. The van der Waals surface area contributed by atoms with Crippen LogP contribution in [0.4, 0.5) is 5.69 Å². The van der Waals surface area contributed by atoms with Crippen molar-refractivity contribution >= 4 is 5.69 Å². The second-order valence-corrected chi connectivity index (χ2v) is 7.41. The summed E-state index contributed by atoms with van der Waals surface area (Å²) >= 11 is 0. The van der Waals surface area contributed by atoms with Gasteiger partial charge in [-0.2, -0.15) is 0 Å². The molecule has 1 N–H and O–H groups in total. The molecule has 1 fully saturated rings. The van der Waals surface area contributed by atoms with Crippen molar-refractivity contribution in [1.82, 2.24) is 0 Å². The predicted molar refractivity (Wildman–Crippen MR) is 113 cm³/mol. The van der Waals surface area contributed by atoms with E-state index < -0.39 is 0 Å². The van der Waals surface area contributed by atoms with Crippen LogP contribution in [0.2, 0.25) is 0 Å². The zero-order valence-corrected chi connectivity index (χ0v) is 18.7. The van der Waals surface area contributed by atoms with E-state index >= 15 is 0 Å². The van der Waals surface area contributed by atoms with Crippen molar-refractivity contribution in [3.8, 4) is 17.2 Å². The molecule has 1 aliphatic heterocycles. The Hall–Kier alpha value is -2.11. The maximum absolute atomic E-state index is 5.46. The first-order valence-electron chi connectivity index (χ1n) is 10.1. The van der Waals surface area contributed by atoms with Crippen LogP contribution in [0.3, 0.4) is 0 Å². The zero-order chi connectivity index (χ0) is 19.9. The highest BCUT2D eigenvalue weighted by Crippen LogP contribution is 2.38. The lowest BCUT2D eigenvalue weighted by molar-refractivity contribution is -0.900. The molecule has 0 unspecified atom stereocenters. The lowest BCUT2D eigenvalue weighted by Gasteiger charge is -2.34. The number of hydrogen-bond donors (Lipinski definition) is 1. The number of methoxy groups -OCH3 is 3. The number of rotatable bonds is 8. The van der Waals surface area contributed by atoms with Gasteiger partial charge in [-0.05, 0) is 42.7 Å². The van der Waals surface area contributed by atoms with Gasteiger partial charge >= 0.3 is 0 Å². The molecular weight excluding hydrogens is 388 g/mol. The second-order valence-electron chi connectivity index (χ2n) is 7.41. The quantitative estimate of drug-likeness (QED) is 0.616. The third kappa shape index (κ3) is 5.71. The molecule has 0 spiro atoms. The Bertz CT molecular complexity index is 751. The van der Waals surface area contributed by atoms with Crippen LogP contribution in [-0.4, -0.2) is 54.1 Å². The van der Waals surface area contributed by atoms with Crippen molar-refractivity contribution < 1.29 is 31.5 Å². The molecule has 0 atom stereocenters. The highest BCUT2D eigenvalue weighted by molar-refractivity contribution is 5.54. The van der Waals surface area contributed by atoms with Crippen LogP contribution >= 0.6 is 0 Å². The van der Waals surface area contributed by atoms with Crippen LogP contribution < -0.4 is 36.4 Å². The van der Waals surface area contributed by atoms with Gasteiger partial charge in [0.15, 0.2) is 11.5 Å². The number of halogens is 1. The van der Waals surface area contributed by atoms with Crippen molar-refractivity contribution in [1.29, 1.82) is 0 Å². The highest BCUT2D eigenvalue weighted by atomic mass is 35.5. The van der Waals surface area contributed by atoms with Gasteiger partial charge in [0.05, 0.1) is 54.1 Å². The number of ether oxygens (including phenoxy) is 3. The van der Waals surface area contributed by atoms with Crippen molar-refractivity contribution in [3.05, 3.63) is 47.5 Å². The van der Waals surface area contributed by atoms with Gasteiger partial charge in [-0.1, -0.05) is 18.2 Å². The topological polar surface area (TPSA) is 35.4 Å². The summed E-state index contributed by atoms with van der Waals surface area (Å²) in [5.74, 6) is 2.12. The first kappa shape index (κ1) is 23.2. The summed E-state index contributed by atoms with van der Waals surface area (Å²) < 4.78 is 16.3. The van der Waals surface area contributed by atoms with E-state index in [-0.39, 0.29) is 12.4 Å². The Balaban J connectivity index is 0.00000300. The van der Waals surface area contributed by atoms with Crippen molar-refractivity contribution in [2.45, 2.75) is 19.8 Å². The molecule has 0 amide bonds. The Morgan fingerprint density at radius 1 is 0.931 bits per heavy atom. The van der Waals surface area contributed by atoms with E-state index in [1.165, 1.54) is 36.4 Å². The highest BCUT2D eigenvalue weighted by Gasteiger charge is 2.21. The summed E-state index contributed by atoms with van der Waals surface area (Å²) in [6, 6.07) is 12.8. The Labute approximate surface area is 181 Å². The van der Waals surface area contributed by atoms with E-state index in [4.69, 9.17) is 14.2 Å². The first-order chi connectivity index (χ1) is 13.7. The molecule has 2 aromatic rings. The predicted octanol–water partition coefficient (Wildman–Crippen LogP) is -0.637. The maximum atomic E-state index is 5.46. The number of aryl methyl sites for hydroxylation is 2. The third-order valence-electron chi connectivity index (χ3n) is 5.65. The van der Waals surface area contributed by atoms with E-state index in [9.17, 15) is 0 Å². The maximum Gasteiger partial charge on any atom is 0.203 e. The summed E-state index contributed by atoms with van der Waals surface area (Å²) in [7, 11) is 4.97. The summed E-state index contributed by atoms with van der Waals surface area (Å²) in [6.07, 6.45) is 2.17. The Morgan fingerprint density at radius 3 is 2.10 bits per heavy atom. The van der Waals surface area contributed by atoms with E-state index in [0.29, 0.717) is 5.75 Å². The first-order valence-corrected chi connectivity index (χ1v) is 10.1. The molecular formula is C23H33ClN2O3. The minimum Gasteiger partial charge on any atom is -1.00 e. The lowest BCUT2D eigenvalue weighted by Crippen LogP contribution is -3.14. The molecule has 0 bridgehead atoms. The fourth-order valence-electron chi connectivity index (χ4n) is 4.05. The SMILES string of the molecule is COc1cc(CCC[NH+]2CCN(c3ccccc3C)CC2)cc(OC)c1OC.[Cl-]. The largest absolute Gasteiger partial charge is 1.00 e. The number of hydrogen-bond acceptors (Lipinski definition) is 4. The summed E-state index contributed by atoms with van der Waals surface area (Å²) in [6.45, 7) is 8.05. The molecule has 0 radical (unpaired) electrons. The molecule has 1 heterocycles. The average molecular weight is 421 g/mol. The van der Waals surface area contributed by atoms with Crippen molar-refractivity contribution in [2.24, 2.45) is 0 Å². The molecule has 29 heavy (non-hydrogen) atoms. The molecule has 0 aromatic heterocycles. The van der Waals surface area contributed by atoms with Crippen LogP contribution in [0.1, 0.15) is 17.5 Å². The van der Waals surface area contributed by atoms with Gasteiger partial charge in [0.2, 0.25) is 5.75 Å². The van der Waals surface area contributed by atoms with Crippen LogP contribution in [0, 0.1) is 6.92 Å². The smallest absolute Gasteiger partial charge is 0.203 e. The minimum atomic E-state index is 0. The van der Waals surface area contributed by atoms with Crippen molar-refractivity contribution in [2.75, 3.05) is 59.0 Å². The van der Waals surface area contributed by atoms with Gasteiger partial charge < -0.3 is 36.4 Å². The van der Waals surface area contributed by atoms with Crippen LogP contribution in [0.5, 0.6) is 17.2 Å². The standard InChI is InChI=1S/C23H32N2O3.ClH/c1-18-8-5-6-10-20(18)25-14-12-24(13-15-25)11-7-9-19-16-21(26-2)23(28-4)22(17-19)27-3;/h5-6,8,10,16-17H,7,9,11-15H2,1-4H3;1H. The van der Waals surface area contributed by atoms with Gasteiger partial charge in [-0.25, -0.2) is 0 Å². The van der Waals surface area contributed by atoms with E-state index in [1.54, 1.807) is 26.2 Å². The molecule has 0 saturated carbocycles. The second kappa shape index (κ2) is 11.2. The van der Waals surface area contributed by atoms with Crippen LogP contribution in [0.15, 0.2) is 36.4 Å². The summed E-state index contributed by atoms with van der Waals surface area (Å²) in [4.78, 5) is 4.22. The van der Waals surface area contributed by atoms with Gasteiger partial charge in [-0.15, -0.1) is 0 Å². The monoisotopic (exact) mass is 420 g/mol. The molecule has 2 aromatic carbocycles. The fourth-order valence-corrected chi connectivity index (χ4v) is 4.05. The molecule has 1 aliphatic rings. The van der Waals surface area contributed by atoms with Crippen molar-refractivity contribution in [3.63, 3.8) is 0 Å². The molecule has 6 heteroatoms. The Morgan fingerprint density at radius 2 is 1.55 bits per heavy atom. The van der Waals surface area contributed by atoms with Gasteiger partial charge in [-0.3, -0.25) is 0 Å². The molecule has 5 nitrogen and oxygen atoms in total. The minimum absolute atomic E-state index is 0. The van der Waals surface area contributed by atoms with E-state index in [1.807, 2.05) is 0 Å². The van der Waals surface area contributed by atoms with E-state index in [0.717, 1.165) is 37.4 Å². The van der Waals surface area contributed by atoms with Crippen LogP contribution in [-0.2, 0) is 6.42 Å². The van der Waals surface area contributed by atoms with Gasteiger partial charge in [0.1, 0.15) is 0 Å². The molecule has 160 valence electrons. The number of piperazine rings is 1. The number of nitrogens with one attached hydrogen (secondary N) is 1. The molecule has 1 saturated heterocycles. The normalized spacial score (nSPS) is 14.3. The Kier molecular flexibility index (Phi) is 8.93. The lowest BCUT2D eigenvalue weighted by atomic mass is 10.1. The number of para-hydroxylation sites is 1. The molecule has 3 rings (SSSR count). The van der Waals surface area contributed by atoms with Gasteiger partial charge in [0, 0.05) is 12.1 Å². The van der Waals surface area contributed by atoms with Crippen LogP contribution in [0.25, 0.3) is 0 Å². The summed E-state index contributed by atoms with van der Waals surface area (Å²) in [5.41, 5.74) is 3.99. The summed E-state index contributed by atoms with van der Waals surface area (Å²) in [5, 5.41) is 0. The number of nitrogens with zero attached hydrogens (tertiary/aromatic N) is 1. The number of quaternary nitrogens is 1. The molecule has 0 aliphatic carbocycles. The van der Waals surface area contributed by atoms with E-state index in [2.05, 4.69) is 48.2 Å². The fraction of sp³-hybridized carbons (Fsp3) is 0.478. The number of benzene rings is 2. The number of anilines is 1. The average Bonchev–Trinajstić information content (AvgIpc) is 2.74. The zero-order valence-electron chi connectivity index (χ0n) is 18.0. The van der Waals surface area contributed by atoms with Gasteiger partial charge in [0.25, 0.3) is 0 Å².